The molecule has 1 aliphatic rings. The predicted molar refractivity (Wildman–Crippen MR) is 84.0 cm³/mol. The summed E-state index contributed by atoms with van der Waals surface area (Å²) in [6, 6.07) is 10.4. The van der Waals surface area contributed by atoms with Crippen molar-refractivity contribution in [2.24, 2.45) is 0 Å². The second-order valence-corrected chi connectivity index (χ2v) is 11.8. The second kappa shape index (κ2) is 4.95. The molecule has 0 bridgehead atoms. The van der Waals surface area contributed by atoms with E-state index in [-0.39, 0.29) is 17.7 Å². The van der Waals surface area contributed by atoms with Gasteiger partial charge in [-0.05, 0) is 13.8 Å². The Morgan fingerprint density at radius 3 is 2.20 bits per heavy atom. The van der Waals surface area contributed by atoms with Gasteiger partial charge in [0, 0.05) is 5.04 Å². The topological polar surface area (TPSA) is 49.7 Å². The molecule has 1 aliphatic heterocycles. The molecule has 1 aromatic carbocycles. The first-order valence-corrected chi connectivity index (χ1v) is 10.2. The van der Waals surface area contributed by atoms with Gasteiger partial charge in [-0.1, -0.05) is 55.5 Å². The molecule has 1 saturated heterocycles. The van der Waals surface area contributed by atoms with Crippen LogP contribution in [0, 0.1) is 0 Å². The lowest BCUT2D eigenvalue weighted by molar-refractivity contribution is -0.0947. The largest absolute Gasteiger partial charge is 0.393 e. The summed E-state index contributed by atoms with van der Waals surface area (Å²) in [6.07, 6.45) is -0.756. The smallest absolute Gasteiger partial charge is 0.115 e. The molecule has 1 fully saturated rings. The molecule has 3 nitrogen and oxygen atoms in total. The van der Waals surface area contributed by atoms with Crippen molar-refractivity contribution >= 4 is 13.3 Å². The molecule has 2 rings (SSSR count). The molecule has 1 aromatic rings. The summed E-state index contributed by atoms with van der Waals surface area (Å²) in [5.74, 6) is 0. The highest BCUT2D eigenvalue weighted by Crippen LogP contribution is 2.55. The fourth-order valence-electron chi connectivity index (χ4n) is 3.59. The van der Waals surface area contributed by atoms with Crippen LogP contribution < -0.4 is 5.19 Å². The van der Waals surface area contributed by atoms with Gasteiger partial charge in [-0.25, -0.2) is 0 Å². The van der Waals surface area contributed by atoms with Gasteiger partial charge >= 0.3 is 0 Å². The monoisotopic (exact) mass is 294 g/mol. The van der Waals surface area contributed by atoms with E-state index in [1.807, 2.05) is 25.1 Å². The minimum absolute atomic E-state index is 0.0866. The summed E-state index contributed by atoms with van der Waals surface area (Å²) in [5, 5.41) is 21.5. The van der Waals surface area contributed by atoms with Crippen molar-refractivity contribution in [1.82, 2.24) is 0 Å². The summed E-state index contributed by atoms with van der Waals surface area (Å²) in [6.45, 7) is 10.3. The molecule has 2 N–H and O–H groups in total. The molecule has 20 heavy (non-hydrogen) atoms. The van der Waals surface area contributed by atoms with Gasteiger partial charge in [0.25, 0.3) is 0 Å². The van der Waals surface area contributed by atoms with E-state index < -0.39 is 19.8 Å². The van der Waals surface area contributed by atoms with Crippen LogP contribution in [-0.4, -0.2) is 42.7 Å². The van der Waals surface area contributed by atoms with E-state index in [0.29, 0.717) is 0 Å². The van der Waals surface area contributed by atoms with Crippen LogP contribution in [0.25, 0.3) is 0 Å². The minimum Gasteiger partial charge on any atom is -0.393 e. The first-order valence-electron chi connectivity index (χ1n) is 7.22. The first kappa shape index (κ1) is 15.7. The average molecular weight is 294 g/mol. The number of hydrogen-bond donors (Lipinski definition) is 2. The number of hydrogen-bond acceptors (Lipinski definition) is 3. The maximum Gasteiger partial charge on any atom is 0.115 e. The van der Waals surface area contributed by atoms with Gasteiger partial charge in [0.1, 0.15) is 5.60 Å². The Morgan fingerprint density at radius 1 is 1.20 bits per heavy atom. The van der Waals surface area contributed by atoms with Crippen LogP contribution in [0.1, 0.15) is 20.8 Å². The van der Waals surface area contributed by atoms with Crippen molar-refractivity contribution < 1.29 is 14.9 Å². The zero-order chi connectivity index (χ0) is 15.2. The molecular formula is C16H26O3Si. The Morgan fingerprint density at radius 2 is 1.75 bits per heavy atom. The molecular weight excluding hydrogens is 268 g/mol. The third-order valence-corrected chi connectivity index (χ3v) is 10.7. The molecule has 0 saturated carbocycles. The molecule has 1 heterocycles. The molecule has 4 heteroatoms. The van der Waals surface area contributed by atoms with Crippen molar-refractivity contribution in [2.45, 2.75) is 56.7 Å². The van der Waals surface area contributed by atoms with E-state index in [1.165, 1.54) is 5.19 Å². The third kappa shape index (κ3) is 1.97. The Labute approximate surface area is 122 Å². The van der Waals surface area contributed by atoms with Crippen molar-refractivity contribution in [2.75, 3.05) is 6.61 Å². The minimum atomic E-state index is -1.99. The summed E-state index contributed by atoms with van der Waals surface area (Å²) >= 11 is 0. The molecule has 112 valence electrons. The summed E-state index contributed by atoms with van der Waals surface area (Å²) in [4.78, 5) is 0. The number of rotatable bonds is 3. The Kier molecular flexibility index (Phi) is 3.88. The lowest BCUT2D eigenvalue weighted by Gasteiger charge is -2.45. The zero-order valence-electron chi connectivity index (χ0n) is 13.1. The molecule has 0 unspecified atom stereocenters. The Hall–Kier alpha value is -0.683. The van der Waals surface area contributed by atoms with Gasteiger partial charge in [-0.2, -0.15) is 0 Å². The molecule has 0 radical (unpaired) electrons. The SMILES string of the molecule is C[C@@H]1O[C@@](C)(CO)[C@@H](O)[C@]1(C)[Si](C)(C)c1ccccc1. The second-order valence-electron chi connectivity index (χ2n) is 6.91. The van der Waals surface area contributed by atoms with Gasteiger partial charge in [-0.15, -0.1) is 0 Å². The van der Waals surface area contributed by atoms with Gasteiger partial charge in [-0.3, -0.25) is 0 Å². The van der Waals surface area contributed by atoms with Crippen LogP contribution in [0.3, 0.4) is 0 Å². The van der Waals surface area contributed by atoms with Crippen molar-refractivity contribution in [3.8, 4) is 0 Å². The van der Waals surface area contributed by atoms with Gasteiger partial charge in [0.15, 0.2) is 0 Å². The highest BCUT2D eigenvalue weighted by molar-refractivity contribution is 6.92. The predicted octanol–water partition coefficient (Wildman–Crippen LogP) is 1.89. The van der Waals surface area contributed by atoms with E-state index in [4.69, 9.17) is 4.74 Å². The first-order chi connectivity index (χ1) is 9.20. The lowest BCUT2D eigenvalue weighted by Crippen LogP contribution is -2.60. The number of aliphatic hydroxyl groups is 2. The quantitative estimate of drug-likeness (QED) is 0.837. The molecule has 0 amide bonds. The van der Waals surface area contributed by atoms with E-state index in [1.54, 1.807) is 6.92 Å². The lowest BCUT2D eigenvalue weighted by atomic mass is 9.90. The highest BCUT2D eigenvalue weighted by atomic mass is 28.3. The molecule has 4 atom stereocenters. The van der Waals surface area contributed by atoms with Crippen molar-refractivity contribution in [1.29, 1.82) is 0 Å². The van der Waals surface area contributed by atoms with Crippen molar-refractivity contribution in [3.05, 3.63) is 30.3 Å². The maximum absolute atomic E-state index is 10.9. The van der Waals surface area contributed by atoms with E-state index in [2.05, 4.69) is 32.2 Å². The number of ether oxygens (including phenoxy) is 1. The normalized spacial score (nSPS) is 38.1. The van der Waals surface area contributed by atoms with Crippen LogP contribution in [-0.2, 0) is 4.74 Å². The summed E-state index contributed by atoms with van der Waals surface area (Å²) in [5.41, 5.74) is -0.868. The van der Waals surface area contributed by atoms with Gasteiger partial charge in [0.2, 0.25) is 0 Å². The van der Waals surface area contributed by atoms with E-state index >= 15 is 0 Å². The molecule has 0 aliphatic carbocycles. The van der Waals surface area contributed by atoms with Crippen molar-refractivity contribution in [3.63, 3.8) is 0 Å². The Bertz CT molecular complexity index is 476. The van der Waals surface area contributed by atoms with E-state index in [9.17, 15) is 10.2 Å². The van der Waals surface area contributed by atoms with Gasteiger partial charge < -0.3 is 14.9 Å². The van der Waals surface area contributed by atoms with E-state index in [0.717, 1.165) is 0 Å². The standard InChI is InChI=1S/C16H26O3Si/c1-12-16(3,14(18)15(2,11-17)19-12)20(4,5)13-9-7-6-8-10-13/h6-10,12,14,17-18H,11H2,1-5H3/t12-,14+,15-,16+/m0/s1. The fourth-order valence-corrected chi connectivity index (χ4v) is 7.30. The average Bonchev–Trinajstić information content (AvgIpc) is 2.62. The zero-order valence-corrected chi connectivity index (χ0v) is 14.1. The summed E-state index contributed by atoms with van der Waals surface area (Å²) in [7, 11) is -1.99. The summed E-state index contributed by atoms with van der Waals surface area (Å²) < 4.78 is 5.97. The highest BCUT2D eigenvalue weighted by Gasteiger charge is 2.63. The number of aliphatic hydroxyl groups excluding tert-OH is 2. The van der Waals surface area contributed by atoms with Crippen LogP contribution in [0.5, 0.6) is 0 Å². The van der Waals surface area contributed by atoms with Crippen LogP contribution >= 0.6 is 0 Å². The number of benzene rings is 1. The van der Waals surface area contributed by atoms with Crippen LogP contribution in [0.4, 0.5) is 0 Å². The molecule has 0 aromatic heterocycles. The Balaban J connectivity index is 2.49. The molecule has 0 spiro atoms. The van der Waals surface area contributed by atoms with Crippen LogP contribution in [0.2, 0.25) is 18.1 Å². The van der Waals surface area contributed by atoms with Gasteiger partial charge in [0.05, 0.1) is 26.9 Å². The third-order valence-electron chi connectivity index (χ3n) is 5.59. The van der Waals surface area contributed by atoms with Crippen LogP contribution in [0.15, 0.2) is 30.3 Å². The maximum atomic E-state index is 10.9. The fraction of sp³-hybridized carbons (Fsp3) is 0.625.